The summed E-state index contributed by atoms with van der Waals surface area (Å²) in [4.78, 5) is 23.6. The van der Waals surface area contributed by atoms with Crippen molar-refractivity contribution in [3.05, 3.63) is 10.4 Å². The first-order valence-electron chi connectivity index (χ1n) is 3.21. The topological polar surface area (TPSA) is 103 Å². The van der Waals surface area contributed by atoms with Gasteiger partial charge in [-0.3, -0.25) is 9.59 Å². The molecular weight excluding hydrogens is 162 g/mol. The Morgan fingerprint density at radius 1 is 1.58 bits per heavy atom. The van der Waals surface area contributed by atoms with Crippen LogP contribution in [0.4, 0.5) is 0 Å². The lowest BCUT2D eigenvalue weighted by Gasteiger charge is -2.13. The monoisotopic (exact) mass is 171 g/mol. The van der Waals surface area contributed by atoms with Gasteiger partial charge in [0.05, 0.1) is 0 Å². The fourth-order valence-electron chi connectivity index (χ4n) is 0.521. The molecular formula is C6H9N3O3. The molecule has 0 rings (SSSR count). The number of carbonyl (C=O) groups is 2. The van der Waals surface area contributed by atoms with Crippen LogP contribution in [-0.4, -0.2) is 22.4 Å². The van der Waals surface area contributed by atoms with Crippen LogP contribution in [0.25, 0.3) is 10.4 Å². The molecule has 1 N–H and O–H groups in total. The zero-order valence-corrected chi connectivity index (χ0v) is 6.81. The van der Waals surface area contributed by atoms with Crippen LogP contribution in [0.3, 0.4) is 0 Å². The van der Waals surface area contributed by atoms with Gasteiger partial charge in [0, 0.05) is 4.91 Å². The summed E-state index contributed by atoms with van der Waals surface area (Å²) >= 11 is 0. The molecule has 6 nitrogen and oxygen atoms in total. The molecule has 0 atom stereocenters. The molecule has 0 aromatic rings. The van der Waals surface area contributed by atoms with Gasteiger partial charge in [0.25, 0.3) is 0 Å². The molecule has 0 saturated heterocycles. The molecule has 0 bridgehead atoms. The van der Waals surface area contributed by atoms with E-state index < -0.39 is 23.7 Å². The van der Waals surface area contributed by atoms with Crippen LogP contribution in [0.5, 0.6) is 0 Å². The quantitative estimate of drug-likeness (QED) is 0.296. The summed E-state index contributed by atoms with van der Waals surface area (Å²) in [6.45, 7) is 2.75. The molecule has 0 fully saturated rings. The minimum absolute atomic E-state index is 0.604. The van der Waals surface area contributed by atoms with Crippen LogP contribution >= 0.6 is 0 Å². The number of azide groups is 1. The molecule has 0 unspecified atom stereocenters. The highest BCUT2D eigenvalue weighted by molar-refractivity contribution is 5.99. The zero-order chi connectivity index (χ0) is 9.78. The van der Waals surface area contributed by atoms with Crippen molar-refractivity contribution in [2.45, 2.75) is 25.8 Å². The number of rotatable bonds is 4. The zero-order valence-electron chi connectivity index (χ0n) is 6.81. The average molecular weight is 171 g/mol. The van der Waals surface area contributed by atoms with Gasteiger partial charge in [0.1, 0.15) is 12.0 Å². The molecule has 0 aliphatic heterocycles. The van der Waals surface area contributed by atoms with Crippen molar-refractivity contribution >= 4 is 11.8 Å². The Morgan fingerprint density at radius 2 is 2.08 bits per heavy atom. The number of hydrogen-bond donors (Lipinski definition) is 1. The summed E-state index contributed by atoms with van der Waals surface area (Å²) in [6.07, 6.45) is -0.619. The Labute approximate surface area is 68.8 Å². The van der Waals surface area contributed by atoms with Crippen LogP contribution in [0.2, 0.25) is 0 Å². The molecule has 0 heterocycles. The standard InChI is InChI=1S/C6H9N3O3/c1-6(2,8-9-7)4(10)3-5(11)12/h3H2,1-2H3,(H,11,12). The summed E-state index contributed by atoms with van der Waals surface area (Å²) in [5, 5.41) is 11.4. The third kappa shape index (κ3) is 3.03. The van der Waals surface area contributed by atoms with Gasteiger partial charge in [0.2, 0.25) is 0 Å². The van der Waals surface area contributed by atoms with Crippen LogP contribution in [0, 0.1) is 0 Å². The van der Waals surface area contributed by atoms with Crippen molar-refractivity contribution in [1.29, 1.82) is 0 Å². The molecule has 0 aromatic carbocycles. The second kappa shape index (κ2) is 3.73. The lowest BCUT2D eigenvalue weighted by molar-refractivity contribution is -0.141. The van der Waals surface area contributed by atoms with E-state index in [0.29, 0.717) is 0 Å². The van der Waals surface area contributed by atoms with E-state index in [9.17, 15) is 9.59 Å². The van der Waals surface area contributed by atoms with Gasteiger partial charge in [-0.1, -0.05) is 5.11 Å². The van der Waals surface area contributed by atoms with Gasteiger partial charge in [0.15, 0.2) is 5.78 Å². The van der Waals surface area contributed by atoms with Crippen LogP contribution in [0.15, 0.2) is 5.11 Å². The van der Waals surface area contributed by atoms with E-state index in [4.69, 9.17) is 10.6 Å². The highest BCUT2D eigenvalue weighted by atomic mass is 16.4. The molecule has 0 aliphatic rings. The number of carbonyl (C=O) groups excluding carboxylic acids is 1. The number of Topliss-reactive ketones (excluding diaryl/α,β-unsaturated/α-hetero) is 1. The summed E-state index contributed by atoms with van der Waals surface area (Å²) in [5.41, 5.74) is 6.77. The Hall–Kier alpha value is -1.55. The third-order valence-corrected chi connectivity index (χ3v) is 1.29. The van der Waals surface area contributed by atoms with E-state index in [2.05, 4.69) is 10.0 Å². The van der Waals surface area contributed by atoms with Crippen molar-refractivity contribution in [3.8, 4) is 0 Å². The van der Waals surface area contributed by atoms with Gasteiger partial charge < -0.3 is 5.11 Å². The molecule has 0 aliphatic carbocycles. The molecule has 0 spiro atoms. The highest BCUT2D eigenvalue weighted by Gasteiger charge is 2.27. The van der Waals surface area contributed by atoms with Gasteiger partial charge >= 0.3 is 5.97 Å². The van der Waals surface area contributed by atoms with Gasteiger partial charge in [-0.25, -0.2) is 0 Å². The number of carboxylic acid groups (broad SMARTS) is 1. The Kier molecular flexibility index (Phi) is 3.25. The molecule has 66 valence electrons. The molecule has 0 amide bonds. The molecule has 12 heavy (non-hydrogen) atoms. The van der Waals surface area contributed by atoms with E-state index >= 15 is 0 Å². The maximum Gasteiger partial charge on any atom is 0.310 e. The first-order chi connectivity index (χ1) is 5.40. The predicted molar refractivity (Wildman–Crippen MR) is 40.5 cm³/mol. The van der Waals surface area contributed by atoms with Crippen molar-refractivity contribution in [2.75, 3.05) is 0 Å². The number of nitrogens with zero attached hydrogens (tertiary/aromatic N) is 3. The van der Waals surface area contributed by atoms with Crippen molar-refractivity contribution in [3.63, 3.8) is 0 Å². The van der Waals surface area contributed by atoms with Crippen molar-refractivity contribution in [1.82, 2.24) is 0 Å². The Balaban J connectivity index is 4.45. The average Bonchev–Trinajstić information content (AvgIpc) is 1.85. The fourth-order valence-corrected chi connectivity index (χ4v) is 0.521. The summed E-state index contributed by atoms with van der Waals surface area (Å²) in [7, 11) is 0. The van der Waals surface area contributed by atoms with E-state index in [1.807, 2.05) is 0 Å². The second-order valence-electron chi connectivity index (χ2n) is 2.74. The van der Waals surface area contributed by atoms with E-state index in [0.717, 1.165) is 0 Å². The minimum Gasteiger partial charge on any atom is -0.481 e. The number of carboxylic acids is 1. The fraction of sp³-hybridized carbons (Fsp3) is 0.667. The summed E-state index contributed by atoms with van der Waals surface area (Å²) in [6, 6.07) is 0. The van der Waals surface area contributed by atoms with Crippen LogP contribution in [-0.2, 0) is 9.59 Å². The maximum atomic E-state index is 11.0. The summed E-state index contributed by atoms with van der Waals surface area (Å²) < 4.78 is 0. The van der Waals surface area contributed by atoms with E-state index in [-0.39, 0.29) is 0 Å². The number of aliphatic carboxylic acids is 1. The first-order valence-corrected chi connectivity index (χ1v) is 3.21. The van der Waals surface area contributed by atoms with Gasteiger partial charge in [-0.05, 0) is 19.4 Å². The normalized spacial score (nSPS) is 10.2. The minimum atomic E-state index is -1.27. The molecule has 0 saturated carbocycles. The van der Waals surface area contributed by atoms with E-state index in [1.54, 1.807) is 0 Å². The SMILES string of the molecule is CC(C)(N=[N+]=[N-])C(=O)CC(=O)O. The second-order valence-corrected chi connectivity index (χ2v) is 2.74. The molecule has 0 radical (unpaired) electrons. The van der Waals surface area contributed by atoms with Crippen molar-refractivity contribution in [2.24, 2.45) is 5.11 Å². The maximum absolute atomic E-state index is 11.0. The summed E-state index contributed by atoms with van der Waals surface area (Å²) in [5.74, 6) is -1.82. The third-order valence-electron chi connectivity index (χ3n) is 1.29. The van der Waals surface area contributed by atoms with E-state index in [1.165, 1.54) is 13.8 Å². The van der Waals surface area contributed by atoms with Gasteiger partial charge in [-0.2, -0.15) is 0 Å². The van der Waals surface area contributed by atoms with Crippen LogP contribution < -0.4 is 0 Å². The smallest absolute Gasteiger partial charge is 0.310 e. The lowest BCUT2D eigenvalue weighted by atomic mass is 9.98. The van der Waals surface area contributed by atoms with Crippen molar-refractivity contribution < 1.29 is 14.7 Å². The Bertz CT molecular complexity index is 253. The predicted octanol–water partition coefficient (Wildman–Crippen LogP) is 1.12. The highest BCUT2D eigenvalue weighted by Crippen LogP contribution is 2.12. The number of ketones is 1. The van der Waals surface area contributed by atoms with Crippen LogP contribution in [0.1, 0.15) is 20.3 Å². The largest absolute Gasteiger partial charge is 0.481 e. The van der Waals surface area contributed by atoms with Gasteiger partial charge in [-0.15, -0.1) is 0 Å². The molecule has 0 aromatic heterocycles. The Morgan fingerprint density at radius 3 is 2.42 bits per heavy atom. The molecule has 6 heteroatoms. The lowest BCUT2D eigenvalue weighted by Crippen LogP contribution is -2.30. The number of hydrogen-bond acceptors (Lipinski definition) is 3. The first kappa shape index (κ1) is 10.4.